The first-order valence-corrected chi connectivity index (χ1v) is 7.52. The van der Waals surface area contributed by atoms with Crippen molar-refractivity contribution in [2.24, 2.45) is 0 Å². The third-order valence-electron chi connectivity index (χ3n) is 4.05. The second-order valence-electron chi connectivity index (χ2n) is 5.56. The molecule has 1 aromatic carbocycles. The summed E-state index contributed by atoms with van der Waals surface area (Å²) in [6.07, 6.45) is 2.35. The van der Waals surface area contributed by atoms with E-state index in [1.165, 1.54) is 18.4 Å². The Morgan fingerprint density at radius 1 is 1.30 bits per heavy atom. The molecular weight excluding hydrogens is 248 g/mol. The molecule has 2 aromatic rings. The standard InChI is InChI=1S/C16H22N4/c1-3-7-12(2)15-18-19-16-14(17-10-11-20(15)16)13-8-5-4-6-9-13/h4-6,8-9,12,14,17H,3,7,10-11H2,1-2H3. The van der Waals surface area contributed by atoms with Crippen LogP contribution in [0.25, 0.3) is 0 Å². The van der Waals surface area contributed by atoms with Crippen molar-refractivity contribution in [3.63, 3.8) is 0 Å². The van der Waals surface area contributed by atoms with Crippen molar-refractivity contribution >= 4 is 0 Å². The average Bonchev–Trinajstić information content (AvgIpc) is 2.92. The predicted molar refractivity (Wildman–Crippen MR) is 79.6 cm³/mol. The Morgan fingerprint density at radius 2 is 2.10 bits per heavy atom. The third-order valence-corrected chi connectivity index (χ3v) is 4.05. The monoisotopic (exact) mass is 270 g/mol. The predicted octanol–water partition coefficient (Wildman–Crippen LogP) is 2.87. The first-order chi connectivity index (χ1) is 9.81. The Balaban J connectivity index is 1.95. The van der Waals surface area contributed by atoms with Gasteiger partial charge in [0.15, 0.2) is 5.82 Å². The Labute approximate surface area is 120 Å². The number of fused-ring (bicyclic) bond motifs is 1. The van der Waals surface area contributed by atoms with Crippen LogP contribution in [-0.4, -0.2) is 21.3 Å². The van der Waals surface area contributed by atoms with E-state index in [0.29, 0.717) is 5.92 Å². The van der Waals surface area contributed by atoms with E-state index >= 15 is 0 Å². The maximum Gasteiger partial charge on any atom is 0.154 e. The number of nitrogens with one attached hydrogen (secondary N) is 1. The molecule has 1 aliphatic heterocycles. The summed E-state index contributed by atoms with van der Waals surface area (Å²) < 4.78 is 2.31. The molecule has 2 atom stereocenters. The molecule has 0 spiro atoms. The number of hydrogen-bond donors (Lipinski definition) is 1. The van der Waals surface area contributed by atoms with Crippen molar-refractivity contribution in [3.05, 3.63) is 47.5 Å². The molecule has 1 aliphatic rings. The van der Waals surface area contributed by atoms with Crippen molar-refractivity contribution in [1.82, 2.24) is 20.1 Å². The van der Waals surface area contributed by atoms with Gasteiger partial charge in [-0.15, -0.1) is 10.2 Å². The molecule has 3 rings (SSSR count). The van der Waals surface area contributed by atoms with Gasteiger partial charge >= 0.3 is 0 Å². The van der Waals surface area contributed by atoms with E-state index in [2.05, 4.69) is 58.2 Å². The normalized spacial score (nSPS) is 19.6. The van der Waals surface area contributed by atoms with Crippen molar-refractivity contribution in [3.8, 4) is 0 Å². The van der Waals surface area contributed by atoms with Gasteiger partial charge in [0.2, 0.25) is 0 Å². The molecule has 0 saturated carbocycles. The molecule has 4 heteroatoms. The molecule has 106 valence electrons. The topological polar surface area (TPSA) is 42.7 Å². The van der Waals surface area contributed by atoms with Gasteiger partial charge in [-0.2, -0.15) is 0 Å². The van der Waals surface area contributed by atoms with Crippen LogP contribution in [0.1, 0.15) is 55.9 Å². The van der Waals surface area contributed by atoms with Gasteiger partial charge in [0.05, 0.1) is 6.04 Å². The van der Waals surface area contributed by atoms with E-state index in [4.69, 9.17) is 0 Å². The summed E-state index contributed by atoms with van der Waals surface area (Å²) in [6.45, 7) is 6.41. The van der Waals surface area contributed by atoms with Gasteiger partial charge in [-0.3, -0.25) is 0 Å². The number of hydrogen-bond acceptors (Lipinski definition) is 3. The van der Waals surface area contributed by atoms with Crippen LogP contribution in [0.4, 0.5) is 0 Å². The minimum atomic E-state index is 0.167. The van der Waals surface area contributed by atoms with E-state index in [0.717, 1.165) is 24.7 Å². The van der Waals surface area contributed by atoms with E-state index in [1.54, 1.807) is 0 Å². The maximum atomic E-state index is 4.47. The zero-order valence-corrected chi connectivity index (χ0v) is 12.2. The van der Waals surface area contributed by atoms with E-state index in [9.17, 15) is 0 Å². The first-order valence-electron chi connectivity index (χ1n) is 7.52. The van der Waals surface area contributed by atoms with Gasteiger partial charge in [0, 0.05) is 19.0 Å². The minimum Gasteiger partial charge on any atom is -0.312 e. The molecule has 0 aliphatic carbocycles. The summed E-state index contributed by atoms with van der Waals surface area (Å²) in [7, 11) is 0. The number of nitrogens with zero attached hydrogens (tertiary/aromatic N) is 3. The van der Waals surface area contributed by atoms with Crippen LogP contribution in [0, 0.1) is 0 Å². The van der Waals surface area contributed by atoms with Crippen LogP contribution >= 0.6 is 0 Å². The van der Waals surface area contributed by atoms with Crippen molar-refractivity contribution < 1.29 is 0 Å². The van der Waals surface area contributed by atoms with Crippen LogP contribution in [0.5, 0.6) is 0 Å². The highest BCUT2D eigenvalue weighted by atomic mass is 15.3. The lowest BCUT2D eigenvalue weighted by Crippen LogP contribution is -2.35. The Bertz CT molecular complexity index is 561. The molecule has 2 unspecified atom stereocenters. The number of aromatic nitrogens is 3. The van der Waals surface area contributed by atoms with Gasteiger partial charge in [-0.05, 0) is 12.0 Å². The fourth-order valence-corrected chi connectivity index (χ4v) is 3.02. The second kappa shape index (κ2) is 5.75. The van der Waals surface area contributed by atoms with E-state index in [-0.39, 0.29) is 6.04 Å². The zero-order valence-electron chi connectivity index (χ0n) is 12.2. The molecule has 0 amide bonds. The van der Waals surface area contributed by atoms with Crippen molar-refractivity contribution in [2.75, 3.05) is 6.54 Å². The van der Waals surface area contributed by atoms with Crippen molar-refractivity contribution in [2.45, 2.75) is 45.2 Å². The van der Waals surface area contributed by atoms with Gasteiger partial charge < -0.3 is 9.88 Å². The highest BCUT2D eigenvalue weighted by Gasteiger charge is 2.27. The van der Waals surface area contributed by atoms with Crippen LogP contribution in [0.15, 0.2) is 30.3 Å². The van der Waals surface area contributed by atoms with Crippen LogP contribution in [-0.2, 0) is 6.54 Å². The molecule has 20 heavy (non-hydrogen) atoms. The summed E-state index contributed by atoms with van der Waals surface area (Å²) in [6, 6.07) is 10.7. The lowest BCUT2D eigenvalue weighted by Gasteiger charge is -2.26. The molecule has 0 fully saturated rings. The fraction of sp³-hybridized carbons (Fsp3) is 0.500. The summed E-state index contributed by atoms with van der Waals surface area (Å²) in [5.74, 6) is 2.68. The minimum absolute atomic E-state index is 0.167. The molecule has 1 N–H and O–H groups in total. The Morgan fingerprint density at radius 3 is 2.85 bits per heavy atom. The quantitative estimate of drug-likeness (QED) is 0.929. The zero-order chi connectivity index (χ0) is 13.9. The molecule has 0 saturated heterocycles. The van der Waals surface area contributed by atoms with Crippen LogP contribution in [0.2, 0.25) is 0 Å². The summed E-state index contributed by atoms with van der Waals surface area (Å²) in [5, 5.41) is 12.5. The van der Waals surface area contributed by atoms with Crippen molar-refractivity contribution in [1.29, 1.82) is 0 Å². The molecule has 2 heterocycles. The highest BCUT2D eigenvalue weighted by molar-refractivity contribution is 5.26. The largest absolute Gasteiger partial charge is 0.312 e. The van der Waals surface area contributed by atoms with E-state index < -0.39 is 0 Å². The molecular formula is C16H22N4. The van der Waals surface area contributed by atoms with Gasteiger partial charge in [-0.1, -0.05) is 50.6 Å². The van der Waals surface area contributed by atoms with Crippen LogP contribution < -0.4 is 5.32 Å². The molecule has 4 nitrogen and oxygen atoms in total. The van der Waals surface area contributed by atoms with Gasteiger partial charge in [-0.25, -0.2) is 0 Å². The lowest BCUT2D eigenvalue weighted by molar-refractivity contribution is 0.437. The SMILES string of the molecule is CCCC(C)c1nnc2n1CCNC2c1ccccc1. The Kier molecular flexibility index (Phi) is 3.83. The summed E-state index contributed by atoms with van der Waals surface area (Å²) in [4.78, 5) is 0. The van der Waals surface area contributed by atoms with E-state index in [1.807, 2.05) is 6.07 Å². The van der Waals surface area contributed by atoms with Crippen LogP contribution in [0.3, 0.4) is 0 Å². The average molecular weight is 270 g/mol. The third kappa shape index (κ3) is 2.36. The maximum absolute atomic E-state index is 4.47. The first kappa shape index (κ1) is 13.3. The lowest BCUT2D eigenvalue weighted by atomic mass is 10.0. The number of rotatable bonds is 4. The number of benzene rings is 1. The van der Waals surface area contributed by atoms with Gasteiger partial charge in [0.1, 0.15) is 5.82 Å². The second-order valence-corrected chi connectivity index (χ2v) is 5.56. The van der Waals surface area contributed by atoms with Gasteiger partial charge in [0.25, 0.3) is 0 Å². The summed E-state index contributed by atoms with van der Waals surface area (Å²) in [5.41, 5.74) is 1.26. The molecule has 0 radical (unpaired) electrons. The smallest absolute Gasteiger partial charge is 0.154 e. The Hall–Kier alpha value is -1.68. The molecule has 1 aromatic heterocycles. The fourth-order valence-electron chi connectivity index (χ4n) is 3.02. The molecule has 0 bridgehead atoms. The summed E-state index contributed by atoms with van der Waals surface area (Å²) >= 11 is 0. The highest BCUT2D eigenvalue weighted by Crippen LogP contribution is 2.27.